The summed E-state index contributed by atoms with van der Waals surface area (Å²) in [7, 11) is 0. The zero-order valence-corrected chi connectivity index (χ0v) is 12.2. The first-order valence-electron chi connectivity index (χ1n) is 5.95. The van der Waals surface area contributed by atoms with E-state index in [9.17, 15) is 9.59 Å². The maximum Gasteiger partial charge on any atom is 0.409 e. The monoisotopic (exact) mass is 324 g/mol. The molecule has 0 spiro atoms. The van der Waals surface area contributed by atoms with E-state index in [1.54, 1.807) is 24.3 Å². The molecule has 0 N–H and O–H groups in total. The lowest BCUT2D eigenvalue weighted by atomic mass is 10.0. The van der Waals surface area contributed by atoms with Gasteiger partial charge in [-0.3, -0.25) is 0 Å². The minimum atomic E-state index is -0.868. The summed E-state index contributed by atoms with van der Waals surface area (Å²) in [6, 6.07) is 14.0. The number of benzene rings is 2. The Balaban J connectivity index is 2.01. The van der Waals surface area contributed by atoms with Crippen LogP contribution in [0.15, 0.2) is 48.5 Å². The van der Waals surface area contributed by atoms with E-state index in [2.05, 4.69) is 0 Å². The van der Waals surface area contributed by atoms with Crippen molar-refractivity contribution in [3.63, 3.8) is 0 Å². The molecule has 0 unspecified atom stereocenters. The van der Waals surface area contributed by atoms with Crippen molar-refractivity contribution in [3.8, 4) is 11.5 Å². The molecule has 0 saturated heterocycles. The SMILES string of the molecule is O=C(Cl)Oc1ccc(Cc2ccc(OC(=O)Cl)cc2)cc1. The second kappa shape index (κ2) is 7.11. The van der Waals surface area contributed by atoms with Crippen LogP contribution in [-0.2, 0) is 6.42 Å². The van der Waals surface area contributed by atoms with Crippen LogP contribution in [0.25, 0.3) is 0 Å². The predicted octanol–water partition coefficient (Wildman–Crippen LogP) is 4.75. The Morgan fingerprint density at radius 1 is 0.714 bits per heavy atom. The molecule has 0 heterocycles. The molecule has 0 atom stereocenters. The van der Waals surface area contributed by atoms with Gasteiger partial charge in [0.2, 0.25) is 0 Å². The molecule has 2 aromatic carbocycles. The summed E-state index contributed by atoms with van der Waals surface area (Å²) < 4.78 is 9.48. The van der Waals surface area contributed by atoms with Gasteiger partial charge in [-0.15, -0.1) is 0 Å². The van der Waals surface area contributed by atoms with Gasteiger partial charge in [0.25, 0.3) is 0 Å². The first-order chi connectivity index (χ1) is 10.0. The zero-order chi connectivity index (χ0) is 15.2. The fraction of sp³-hybridized carbons (Fsp3) is 0.0667. The van der Waals surface area contributed by atoms with Crippen LogP contribution in [0, 0.1) is 0 Å². The molecule has 0 aliphatic carbocycles. The van der Waals surface area contributed by atoms with E-state index in [1.165, 1.54) is 0 Å². The van der Waals surface area contributed by atoms with Gasteiger partial charge in [-0.1, -0.05) is 24.3 Å². The molecule has 2 rings (SSSR count). The highest BCUT2D eigenvalue weighted by Crippen LogP contribution is 2.18. The smallest absolute Gasteiger partial charge is 0.409 e. The average molecular weight is 325 g/mol. The second-order valence-electron chi connectivity index (χ2n) is 4.14. The maximum atomic E-state index is 10.6. The van der Waals surface area contributed by atoms with Gasteiger partial charge in [-0.05, 0) is 41.8 Å². The van der Waals surface area contributed by atoms with Crippen LogP contribution in [0.5, 0.6) is 11.5 Å². The number of rotatable bonds is 4. The van der Waals surface area contributed by atoms with Crippen molar-refractivity contribution in [1.29, 1.82) is 0 Å². The summed E-state index contributed by atoms with van der Waals surface area (Å²) in [4.78, 5) is 21.2. The van der Waals surface area contributed by atoms with E-state index in [4.69, 9.17) is 32.7 Å². The van der Waals surface area contributed by atoms with Gasteiger partial charge < -0.3 is 9.47 Å². The summed E-state index contributed by atoms with van der Waals surface area (Å²) >= 11 is 10.3. The molecule has 0 fully saturated rings. The Morgan fingerprint density at radius 3 is 1.33 bits per heavy atom. The van der Waals surface area contributed by atoms with Gasteiger partial charge >= 0.3 is 10.9 Å². The highest BCUT2D eigenvalue weighted by Gasteiger charge is 2.03. The normalized spacial score (nSPS) is 10.0. The maximum absolute atomic E-state index is 10.6. The van der Waals surface area contributed by atoms with Crippen LogP contribution in [0.2, 0.25) is 0 Å². The van der Waals surface area contributed by atoms with Crippen LogP contribution < -0.4 is 9.47 Å². The summed E-state index contributed by atoms with van der Waals surface area (Å²) in [5.74, 6) is 0.784. The van der Waals surface area contributed by atoms with Gasteiger partial charge in [0.15, 0.2) is 0 Å². The second-order valence-corrected chi connectivity index (χ2v) is 4.76. The molecule has 0 amide bonds. The molecule has 6 heteroatoms. The van der Waals surface area contributed by atoms with E-state index in [0.29, 0.717) is 17.9 Å². The van der Waals surface area contributed by atoms with Crippen LogP contribution in [0.4, 0.5) is 9.59 Å². The number of halogens is 2. The summed E-state index contributed by atoms with van der Waals surface area (Å²) in [6.07, 6.45) is 0.685. The first kappa shape index (κ1) is 15.4. The minimum Gasteiger partial charge on any atom is -0.415 e. The fourth-order valence-corrected chi connectivity index (χ4v) is 1.95. The highest BCUT2D eigenvalue weighted by molar-refractivity contribution is 6.61. The van der Waals surface area contributed by atoms with Crippen LogP contribution >= 0.6 is 23.2 Å². The Bertz CT molecular complexity index is 578. The number of carbonyl (C=O) groups is 2. The average Bonchev–Trinajstić information content (AvgIpc) is 2.42. The van der Waals surface area contributed by atoms with Gasteiger partial charge in [0.1, 0.15) is 11.5 Å². The zero-order valence-electron chi connectivity index (χ0n) is 10.7. The molecular formula is C15H10Cl2O4. The quantitative estimate of drug-likeness (QED) is 0.761. The van der Waals surface area contributed by atoms with Crippen molar-refractivity contribution in [1.82, 2.24) is 0 Å². The Morgan fingerprint density at radius 2 is 1.05 bits per heavy atom. The molecule has 0 saturated carbocycles. The van der Waals surface area contributed by atoms with Crippen molar-refractivity contribution in [2.45, 2.75) is 6.42 Å². The number of ether oxygens (including phenoxy) is 2. The number of hydrogen-bond acceptors (Lipinski definition) is 4. The van der Waals surface area contributed by atoms with E-state index < -0.39 is 10.9 Å². The van der Waals surface area contributed by atoms with Gasteiger partial charge in [0, 0.05) is 23.2 Å². The lowest BCUT2D eigenvalue weighted by Gasteiger charge is -2.05. The third kappa shape index (κ3) is 5.10. The molecule has 0 aromatic heterocycles. The predicted molar refractivity (Wildman–Crippen MR) is 79.4 cm³/mol. The van der Waals surface area contributed by atoms with E-state index >= 15 is 0 Å². The Hall–Kier alpha value is -2.04. The molecule has 0 aliphatic rings. The Kier molecular flexibility index (Phi) is 5.20. The topological polar surface area (TPSA) is 52.6 Å². The van der Waals surface area contributed by atoms with Gasteiger partial charge in [-0.25, -0.2) is 9.59 Å². The number of carbonyl (C=O) groups excluding carboxylic acids is 2. The van der Waals surface area contributed by atoms with Crippen molar-refractivity contribution in [2.24, 2.45) is 0 Å². The van der Waals surface area contributed by atoms with Crippen molar-refractivity contribution < 1.29 is 19.1 Å². The van der Waals surface area contributed by atoms with Crippen LogP contribution in [-0.4, -0.2) is 10.9 Å². The lowest BCUT2D eigenvalue weighted by molar-refractivity contribution is 0.224. The first-order valence-corrected chi connectivity index (χ1v) is 6.71. The standard InChI is InChI=1S/C15H10Cl2O4/c16-14(18)20-12-5-1-10(2-6-12)9-11-3-7-13(8-4-11)21-15(17)19/h1-8H,9H2. The number of hydrogen-bond donors (Lipinski definition) is 0. The van der Waals surface area contributed by atoms with E-state index in [0.717, 1.165) is 11.1 Å². The van der Waals surface area contributed by atoms with Crippen molar-refractivity contribution in [2.75, 3.05) is 0 Å². The summed E-state index contributed by atoms with van der Waals surface area (Å²) in [6.45, 7) is 0. The van der Waals surface area contributed by atoms with Crippen molar-refractivity contribution >= 4 is 34.1 Å². The molecule has 0 aliphatic heterocycles. The fourth-order valence-electron chi connectivity index (χ4n) is 1.77. The van der Waals surface area contributed by atoms with Gasteiger partial charge in [-0.2, -0.15) is 0 Å². The molecule has 0 radical (unpaired) electrons. The largest absolute Gasteiger partial charge is 0.415 e. The lowest BCUT2D eigenvalue weighted by Crippen LogP contribution is -1.97. The molecule has 4 nitrogen and oxygen atoms in total. The molecule has 2 aromatic rings. The van der Waals surface area contributed by atoms with E-state index in [1.807, 2.05) is 24.3 Å². The summed E-state index contributed by atoms with van der Waals surface area (Å²) in [5, 5.41) is 0. The van der Waals surface area contributed by atoms with Gasteiger partial charge in [0.05, 0.1) is 0 Å². The van der Waals surface area contributed by atoms with Crippen molar-refractivity contribution in [3.05, 3.63) is 59.7 Å². The minimum absolute atomic E-state index is 0.392. The molecule has 0 bridgehead atoms. The summed E-state index contributed by atoms with van der Waals surface area (Å²) in [5.41, 5.74) is 0.331. The molecule has 21 heavy (non-hydrogen) atoms. The third-order valence-electron chi connectivity index (χ3n) is 2.65. The van der Waals surface area contributed by atoms with Crippen LogP contribution in [0.1, 0.15) is 11.1 Å². The highest BCUT2D eigenvalue weighted by atomic mass is 35.5. The molecular weight excluding hydrogens is 315 g/mol. The molecule has 108 valence electrons. The third-order valence-corrected chi connectivity index (χ3v) is 2.81. The van der Waals surface area contributed by atoms with Crippen LogP contribution in [0.3, 0.4) is 0 Å². The Labute approximate surface area is 131 Å². The van der Waals surface area contributed by atoms with E-state index in [-0.39, 0.29) is 0 Å².